The van der Waals surface area contributed by atoms with Gasteiger partial charge in [-0.25, -0.2) is 0 Å². The number of ether oxygens (including phenoxy) is 11. The Balaban J connectivity index is 0.982. The molecule has 1 fully saturated rings. The van der Waals surface area contributed by atoms with Crippen LogP contribution in [0.25, 0.3) is 0 Å². The quantitative estimate of drug-likeness (QED) is 0.0713. The van der Waals surface area contributed by atoms with Gasteiger partial charge >= 0.3 is 0 Å². The lowest BCUT2D eigenvalue weighted by Crippen LogP contribution is -2.54. The van der Waals surface area contributed by atoms with E-state index >= 15 is 0 Å². The number of anilines is 1. The number of carbonyl (C=O) groups is 5. The zero-order valence-electron chi connectivity index (χ0n) is 37.2. The summed E-state index contributed by atoms with van der Waals surface area (Å²) in [6.45, 7) is 13.4. The van der Waals surface area contributed by atoms with Gasteiger partial charge in [0, 0.05) is 26.1 Å². The average Bonchev–Trinajstić information content (AvgIpc) is 3.53. The summed E-state index contributed by atoms with van der Waals surface area (Å²) in [4.78, 5) is 63.6. The highest BCUT2D eigenvalue weighted by Crippen LogP contribution is 2.32. The van der Waals surface area contributed by atoms with Gasteiger partial charge in [-0.05, 0) is 37.8 Å². The Hall–Kier alpha value is -3.47. The molecule has 19 nitrogen and oxygen atoms in total. The first-order valence-electron chi connectivity index (χ1n) is 22.4. The SMILES string of the molecule is CCCCCOCCOCCOCCOCCOCCOCCOCCOCCOCCOCCOCCCCCC(=O)Nc1cccc2c1C(=O)N(C1CCC(=O)NC1=O)C2=O. The minimum Gasteiger partial charge on any atom is -0.379 e. The number of benzene rings is 1. The van der Waals surface area contributed by atoms with Gasteiger partial charge < -0.3 is 57.4 Å². The summed E-state index contributed by atoms with van der Waals surface area (Å²) in [6.07, 6.45) is 5.95. The first kappa shape index (κ1) is 53.9. The van der Waals surface area contributed by atoms with E-state index in [4.69, 9.17) is 52.1 Å². The summed E-state index contributed by atoms with van der Waals surface area (Å²) >= 11 is 0. The van der Waals surface area contributed by atoms with E-state index < -0.39 is 29.7 Å². The number of piperidine rings is 1. The van der Waals surface area contributed by atoms with Crippen molar-refractivity contribution in [1.82, 2.24) is 10.2 Å². The molecular formula is C44H71N3O16. The predicted molar refractivity (Wildman–Crippen MR) is 229 cm³/mol. The second kappa shape index (κ2) is 35.8. The van der Waals surface area contributed by atoms with E-state index in [9.17, 15) is 24.0 Å². The maximum Gasteiger partial charge on any atom is 0.264 e. The molecule has 1 atom stereocenters. The predicted octanol–water partition coefficient (Wildman–Crippen LogP) is 2.96. The van der Waals surface area contributed by atoms with Crippen LogP contribution in [0.3, 0.4) is 0 Å². The fourth-order valence-corrected chi connectivity index (χ4v) is 6.25. The number of amides is 5. The van der Waals surface area contributed by atoms with Crippen LogP contribution in [-0.4, -0.2) is 186 Å². The fraction of sp³-hybridized carbons (Fsp3) is 0.750. The Morgan fingerprint density at radius 3 is 1.38 bits per heavy atom. The van der Waals surface area contributed by atoms with Gasteiger partial charge in [0.2, 0.25) is 17.7 Å². The molecule has 0 aliphatic carbocycles. The number of rotatable bonds is 42. The molecule has 19 heteroatoms. The third kappa shape index (κ3) is 23.9. The largest absolute Gasteiger partial charge is 0.379 e. The van der Waals surface area contributed by atoms with Gasteiger partial charge in [-0.1, -0.05) is 32.3 Å². The number of nitrogens with zero attached hydrogens (tertiary/aromatic N) is 1. The van der Waals surface area contributed by atoms with Crippen molar-refractivity contribution >= 4 is 35.2 Å². The van der Waals surface area contributed by atoms with Gasteiger partial charge in [-0.15, -0.1) is 0 Å². The number of hydrogen-bond donors (Lipinski definition) is 2. The Kier molecular flexibility index (Phi) is 30.6. The third-order valence-electron chi connectivity index (χ3n) is 9.55. The monoisotopic (exact) mass is 897 g/mol. The lowest BCUT2D eigenvalue weighted by Gasteiger charge is -2.27. The Morgan fingerprint density at radius 2 is 0.968 bits per heavy atom. The van der Waals surface area contributed by atoms with Gasteiger partial charge in [0.1, 0.15) is 6.04 Å². The van der Waals surface area contributed by atoms with Crippen LogP contribution in [-0.2, 0) is 66.5 Å². The van der Waals surface area contributed by atoms with Gasteiger partial charge in [0.25, 0.3) is 11.8 Å². The molecule has 5 amide bonds. The molecule has 1 aromatic rings. The molecule has 1 saturated heterocycles. The topological polar surface area (TPSA) is 214 Å². The van der Waals surface area contributed by atoms with Crippen molar-refractivity contribution in [2.75, 3.05) is 151 Å². The standard InChI is InChI=1S/C44H71N3O16/c1-2-3-6-14-53-16-18-55-20-22-57-24-26-59-28-30-61-32-34-63-35-33-62-31-29-60-27-25-58-23-21-56-19-17-54-15-7-4-5-11-39(48)45-37-10-8-9-36-41(37)44(52)47(43(36)51)38-12-13-40(49)46-42(38)50/h8-10,38H,2-7,11-35H2,1H3,(H,45,48)(H,46,49,50). The molecule has 63 heavy (non-hydrogen) atoms. The van der Waals surface area contributed by atoms with Crippen molar-refractivity contribution in [2.45, 2.75) is 70.8 Å². The molecule has 1 unspecified atom stereocenters. The van der Waals surface area contributed by atoms with Crippen molar-refractivity contribution in [1.29, 1.82) is 0 Å². The molecule has 3 rings (SSSR count). The van der Waals surface area contributed by atoms with Crippen molar-refractivity contribution in [3.8, 4) is 0 Å². The van der Waals surface area contributed by atoms with Gasteiger partial charge in [0.05, 0.1) is 149 Å². The molecule has 0 aromatic heterocycles. The lowest BCUT2D eigenvalue weighted by molar-refractivity contribution is -0.136. The van der Waals surface area contributed by atoms with E-state index in [1.807, 2.05) is 0 Å². The molecular weight excluding hydrogens is 826 g/mol. The zero-order valence-corrected chi connectivity index (χ0v) is 37.2. The van der Waals surface area contributed by atoms with E-state index in [1.165, 1.54) is 18.9 Å². The maximum atomic E-state index is 13.2. The first-order valence-corrected chi connectivity index (χ1v) is 22.4. The highest BCUT2D eigenvalue weighted by atomic mass is 16.6. The van der Waals surface area contributed by atoms with E-state index in [2.05, 4.69) is 17.6 Å². The van der Waals surface area contributed by atoms with E-state index in [1.54, 1.807) is 12.1 Å². The normalized spacial score (nSPS) is 15.1. The summed E-state index contributed by atoms with van der Waals surface area (Å²) in [6, 6.07) is 3.53. The number of unbranched alkanes of at least 4 members (excludes halogenated alkanes) is 4. The van der Waals surface area contributed by atoms with Crippen LogP contribution >= 0.6 is 0 Å². The lowest BCUT2D eigenvalue weighted by atomic mass is 10.0. The van der Waals surface area contributed by atoms with Crippen LogP contribution in [0.1, 0.15) is 85.4 Å². The zero-order chi connectivity index (χ0) is 45.0. The van der Waals surface area contributed by atoms with Gasteiger partial charge in [-0.3, -0.25) is 34.2 Å². The molecule has 0 spiro atoms. The molecule has 2 aliphatic heterocycles. The van der Waals surface area contributed by atoms with Crippen LogP contribution in [0, 0.1) is 0 Å². The van der Waals surface area contributed by atoms with Crippen molar-refractivity contribution < 1.29 is 76.1 Å². The van der Waals surface area contributed by atoms with Crippen LogP contribution in [0.2, 0.25) is 0 Å². The maximum absolute atomic E-state index is 13.2. The van der Waals surface area contributed by atoms with Crippen LogP contribution < -0.4 is 10.6 Å². The number of nitrogens with one attached hydrogen (secondary N) is 2. The van der Waals surface area contributed by atoms with Crippen LogP contribution in [0.4, 0.5) is 5.69 Å². The van der Waals surface area contributed by atoms with E-state index in [0.29, 0.717) is 145 Å². The molecule has 2 N–H and O–H groups in total. The minimum atomic E-state index is -1.07. The van der Waals surface area contributed by atoms with E-state index in [-0.39, 0.29) is 42.0 Å². The summed E-state index contributed by atoms with van der Waals surface area (Å²) < 4.78 is 60.6. The molecule has 1 aromatic carbocycles. The Bertz CT molecular complexity index is 1440. The first-order chi connectivity index (χ1) is 30.9. The smallest absolute Gasteiger partial charge is 0.264 e. The molecule has 2 heterocycles. The number of hydrogen-bond acceptors (Lipinski definition) is 16. The van der Waals surface area contributed by atoms with Crippen molar-refractivity contribution in [3.05, 3.63) is 29.3 Å². The van der Waals surface area contributed by atoms with E-state index in [0.717, 1.165) is 30.8 Å². The number of carbonyl (C=O) groups excluding carboxylic acids is 5. The second-order valence-electron chi connectivity index (χ2n) is 14.5. The average molecular weight is 898 g/mol. The number of fused-ring (bicyclic) bond motifs is 1. The summed E-state index contributed by atoms with van der Waals surface area (Å²) in [5, 5.41) is 4.91. The molecule has 0 radical (unpaired) electrons. The molecule has 358 valence electrons. The Labute approximate surface area is 371 Å². The summed E-state index contributed by atoms with van der Waals surface area (Å²) in [5.74, 6) is -2.72. The molecule has 2 aliphatic rings. The van der Waals surface area contributed by atoms with Crippen molar-refractivity contribution in [3.63, 3.8) is 0 Å². The highest BCUT2D eigenvalue weighted by molar-refractivity contribution is 6.26. The second-order valence-corrected chi connectivity index (χ2v) is 14.5. The fourth-order valence-electron chi connectivity index (χ4n) is 6.25. The summed E-state index contributed by atoms with van der Waals surface area (Å²) in [7, 11) is 0. The van der Waals surface area contributed by atoms with Gasteiger partial charge in [0.15, 0.2) is 0 Å². The Morgan fingerprint density at radius 1 is 0.556 bits per heavy atom. The highest BCUT2D eigenvalue weighted by Gasteiger charge is 2.45. The third-order valence-corrected chi connectivity index (χ3v) is 9.55. The van der Waals surface area contributed by atoms with Gasteiger partial charge in [-0.2, -0.15) is 0 Å². The van der Waals surface area contributed by atoms with Crippen LogP contribution in [0.5, 0.6) is 0 Å². The summed E-state index contributed by atoms with van der Waals surface area (Å²) in [5.41, 5.74) is 0.382. The number of imide groups is 2. The van der Waals surface area contributed by atoms with Crippen molar-refractivity contribution in [2.24, 2.45) is 0 Å². The van der Waals surface area contributed by atoms with Crippen LogP contribution in [0.15, 0.2) is 18.2 Å². The minimum absolute atomic E-state index is 0.0279. The molecule has 0 bridgehead atoms. The molecule has 0 saturated carbocycles.